The van der Waals surface area contributed by atoms with Gasteiger partial charge in [0.05, 0.1) is 10.6 Å². The van der Waals surface area contributed by atoms with Crippen LogP contribution < -0.4 is 9.62 Å². The van der Waals surface area contributed by atoms with E-state index in [9.17, 15) is 18.0 Å². The van der Waals surface area contributed by atoms with Crippen molar-refractivity contribution in [1.82, 2.24) is 10.2 Å². The fraction of sp³-hybridized carbons (Fsp3) is 0.310. The molecular formula is C29H35N3O4S. The minimum atomic E-state index is -4.06. The number of nitrogens with one attached hydrogen (secondary N) is 1. The zero-order valence-electron chi connectivity index (χ0n) is 21.8. The van der Waals surface area contributed by atoms with Crippen LogP contribution in [0.1, 0.15) is 37.0 Å². The third kappa shape index (κ3) is 6.77. The summed E-state index contributed by atoms with van der Waals surface area (Å²) in [7, 11) is -4.06. The van der Waals surface area contributed by atoms with Crippen molar-refractivity contribution >= 4 is 27.5 Å². The summed E-state index contributed by atoms with van der Waals surface area (Å²) in [5.41, 5.74) is 3.17. The maximum absolute atomic E-state index is 13.9. The predicted octanol–water partition coefficient (Wildman–Crippen LogP) is 4.44. The Kier molecular flexibility index (Phi) is 9.47. The quantitative estimate of drug-likeness (QED) is 0.404. The second kappa shape index (κ2) is 12.5. The molecule has 0 saturated heterocycles. The van der Waals surface area contributed by atoms with Crippen LogP contribution in [0.4, 0.5) is 5.69 Å². The molecule has 0 unspecified atom stereocenters. The van der Waals surface area contributed by atoms with Gasteiger partial charge in [-0.1, -0.05) is 61.5 Å². The Morgan fingerprint density at radius 2 is 1.49 bits per heavy atom. The van der Waals surface area contributed by atoms with Gasteiger partial charge in [-0.05, 0) is 68.1 Å². The number of carbonyl (C=O) groups excluding carboxylic acids is 2. The van der Waals surface area contributed by atoms with Gasteiger partial charge in [0.15, 0.2) is 0 Å². The molecule has 3 aromatic rings. The van der Waals surface area contributed by atoms with Gasteiger partial charge in [-0.25, -0.2) is 8.42 Å². The van der Waals surface area contributed by atoms with Crippen molar-refractivity contribution in [2.75, 3.05) is 17.4 Å². The van der Waals surface area contributed by atoms with Crippen LogP contribution in [0.2, 0.25) is 0 Å². The Morgan fingerprint density at radius 3 is 2.05 bits per heavy atom. The summed E-state index contributed by atoms with van der Waals surface area (Å²) in [6.07, 6.45) is 0.388. The van der Waals surface area contributed by atoms with Gasteiger partial charge < -0.3 is 10.2 Å². The van der Waals surface area contributed by atoms with Crippen LogP contribution in [0.25, 0.3) is 0 Å². The minimum absolute atomic E-state index is 0.0893. The molecule has 3 aromatic carbocycles. The first-order valence-electron chi connectivity index (χ1n) is 12.4. The molecule has 1 N–H and O–H groups in total. The van der Waals surface area contributed by atoms with Crippen molar-refractivity contribution in [3.05, 3.63) is 95.6 Å². The van der Waals surface area contributed by atoms with Gasteiger partial charge in [-0.3, -0.25) is 13.9 Å². The van der Waals surface area contributed by atoms with Gasteiger partial charge in [0.2, 0.25) is 11.8 Å². The normalized spacial score (nSPS) is 12.0. The Morgan fingerprint density at radius 1 is 0.865 bits per heavy atom. The molecule has 0 aliphatic carbocycles. The standard InChI is InChI=1S/C29H35N3O4S/c1-5-27(29(34)30-6-2)31(20-24-13-9-7-10-14-24)28(33)21-32(25-18-17-22(3)23(4)19-25)37(35,36)26-15-11-8-12-16-26/h7-19,27H,5-6,20-21H2,1-4H3,(H,30,34)/t27-/m0/s1. The van der Waals surface area contributed by atoms with Crippen LogP contribution in [0.5, 0.6) is 0 Å². The van der Waals surface area contributed by atoms with E-state index < -0.39 is 28.5 Å². The first-order valence-corrected chi connectivity index (χ1v) is 13.9. The lowest BCUT2D eigenvalue weighted by molar-refractivity contribution is -0.140. The van der Waals surface area contributed by atoms with Crippen LogP contribution in [0, 0.1) is 13.8 Å². The van der Waals surface area contributed by atoms with E-state index in [4.69, 9.17) is 0 Å². The summed E-state index contributed by atoms with van der Waals surface area (Å²) in [4.78, 5) is 28.4. The van der Waals surface area contributed by atoms with Crippen molar-refractivity contribution in [2.24, 2.45) is 0 Å². The largest absolute Gasteiger partial charge is 0.355 e. The maximum atomic E-state index is 13.9. The number of nitrogens with zero attached hydrogens (tertiary/aromatic N) is 2. The molecular weight excluding hydrogens is 486 g/mol. The molecule has 0 aromatic heterocycles. The molecule has 0 aliphatic heterocycles. The van der Waals surface area contributed by atoms with E-state index in [1.165, 1.54) is 17.0 Å². The second-order valence-corrected chi connectivity index (χ2v) is 10.8. The zero-order chi connectivity index (χ0) is 27.0. The molecule has 0 bridgehead atoms. The summed E-state index contributed by atoms with van der Waals surface area (Å²) in [5.74, 6) is -0.724. The van der Waals surface area contributed by atoms with E-state index in [1.54, 1.807) is 30.3 Å². The highest BCUT2D eigenvalue weighted by Crippen LogP contribution is 2.26. The van der Waals surface area contributed by atoms with Gasteiger partial charge in [-0.2, -0.15) is 0 Å². The summed E-state index contributed by atoms with van der Waals surface area (Å²) >= 11 is 0. The van der Waals surface area contributed by atoms with Crippen molar-refractivity contribution in [1.29, 1.82) is 0 Å². The first-order chi connectivity index (χ1) is 17.7. The van der Waals surface area contributed by atoms with Crippen LogP contribution in [-0.2, 0) is 26.2 Å². The van der Waals surface area contributed by atoms with Gasteiger partial charge in [0.25, 0.3) is 10.0 Å². The molecule has 8 heteroatoms. The number of hydrogen-bond donors (Lipinski definition) is 1. The molecule has 37 heavy (non-hydrogen) atoms. The van der Waals surface area contributed by atoms with E-state index in [0.717, 1.165) is 21.0 Å². The number of aryl methyl sites for hydroxylation is 2. The predicted molar refractivity (Wildman–Crippen MR) is 147 cm³/mol. The molecule has 3 rings (SSSR count). The summed E-state index contributed by atoms with van der Waals surface area (Å²) < 4.78 is 28.7. The van der Waals surface area contributed by atoms with Gasteiger partial charge >= 0.3 is 0 Å². The van der Waals surface area contributed by atoms with Crippen molar-refractivity contribution < 1.29 is 18.0 Å². The van der Waals surface area contributed by atoms with Crippen molar-refractivity contribution in [3.63, 3.8) is 0 Å². The fourth-order valence-electron chi connectivity index (χ4n) is 4.12. The van der Waals surface area contributed by atoms with Crippen LogP contribution in [0.15, 0.2) is 83.8 Å². The lowest BCUT2D eigenvalue weighted by Crippen LogP contribution is -2.52. The molecule has 0 radical (unpaired) electrons. The third-order valence-corrected chi connectivity index (χ3v) is 8.11. The van der Waals surface area contributed by atoms with E-state index >= 15 is 0 Å². The molecule has 0 aliphatic rings. The smallest absolute Gasteiger partial charge is 0.264 e. The van der Waals surface area contributed by atoms with Crippen LogP contribution in [-0.4, -0.2) is 44.3 Å². The monoisotopic (exact) mass is 521 g/mol. The number of benzene rings is 3. The average molecular weight is 522 g/mol. The molecule has 2 amide bonds. The molecule has 0 fully saturated rings. The highest BCUT2D eigenvalue weighted by Gasteiger charge is 2.33. The lowest BCUT2D eigenvalue weighted by Gasteiger charge is -2.33. The minimum Gasteiger partial charge on any atom is -0.355 e. The van der Waals surface area contributed by atoms with Gasteiger partial charge in [0, 0.05) is 13.1 Å². The van der Waals surface area contributed by atoms with E-state index in [0.29, 0.717) is 18.7 Å². The van der Waals surface area contributed by atoms with E-state index in [2.05, 4.69) is 5.32 Å². The number of rotatable bonds is 11. The lowest BCUT2D eigenvalue weighted by atomic mass is 10.1. The van der Waals surface area contributed by atoms with Crippen molar-refractivity contribution in [3.8, 4) is 0 Å². The average Bonchev–Trinajstić information content (AvgIpc) is 2.90. The highest BCUT2D eigenvalue weighted by molar-refractivity contribution is 7.92. The zero-order valence-corrected chi connectivity index (χ0v) is 22.7. The second-order valence-electron chi connectivity index (χ2n) is 8.92. The highest BCUT2D eigenvalue weighted by atomic mass is 32.2. The number of anilines is 1. The molecule has 0 saturated carbocycles. The number of amides is 2. The number of hydrogen-bond acceptors (Lipinski definition) is 4. The van der Waals surface area contributed by atoms with Gasteiger partial charge in [-0.15, -0.1) is 0 Å². The Hall–Kier alpha value is -3.65. The number of sulfonamides is 1. The Bertz CT molecular complexity index is 1310. The Labute approximate surface area is 220 Å². The maximum Gasteiger partial charge on any atom is 0.264 e. The van der Waals surface area contributed by atoms with Gasteiger partial charge in [0.1, 0.15) is 12.6 Å². The summed E-state index contributed by atoms with van der Waals surface area (Å²) in [5, 5.41) is 2.81. The number of likely N-dealkylation sites (N-methyl/N-ethyl adjacent to an activating group) is 1. The topological polar surface area (TPSA) is 86.8 Å². The van der Waals surface area contributed by atoms with E-state index in [-0.39, 0.29) is 17.3 Å². The fourth-order valence-corrected chi connectivity index (χ4v) is 5.55. The summed E-state index contributed by atoms with van der Waals surface area (Å²) in [6.45, 7) is 7.68. The molecule has 0 spiro atoms. The number of carbonyl (C=O) groups is 2. The molecule has 196 valence electrons. The molecule has 7 nitrogen and oxygen atoms in total. The summed E-state index contributed by atoms with van der Waals surface area (Å²) in [6, 6.07) is 22.0. The van der Waals surface area contributed by atoms with Crippen LogP contribution in [0.3, 0.4) is 0 Å². The third-order valence-electron chi connectivity index (χ3n) is 6.32. The molecule has 0 heterocycles. The SMILES string of the molecule is CCNC(=O)[C@H](CC)N(Cc1ccccc1)C(=O)CN(c1ccc(C)c(C)c1)S(=O)(=O)c1ccccc1. The van der Waals surface area contributed by atoms with Crippen LogP contribution >= 0.6 is 0 Å². The molecule has 1 atom stereocenters. The van der Waals surface area contributed by atoms with E-state index in [1.807, 2.05) is 64.1 Å². The Balaban J connectivity index is 2.06. The van der Waals surface area contributed by atoms with Crippen molar-refractivity contribution in [2.45, 2.75) is 51.6 Å². The first kappa shape index (κ1) is 27.9.